The van der Waals surface area contributed by atoms with Gasteiger partial charge in [-0.1, -0.05) is 18.2 Å². The number of aryl methyl sites for hydroxylation is 2. The Labute approximate surface area is 197 Å². The molecule has 0 aliphatic carbocycles. The Hall–Kier alpha value is -3.85. The minimum absolute atomic E-state index is 0.0538. The predicted molar refractivity (Wildman–Crippen MR) is 129 cm³/mol. The van der Waals surface area contributed by atoms with Crippen molar-refractivity contribution in [1.82, 2.24) is 4.98 Å². The average molecular weight is 478 g/mol. The van der Waals surface area contributed by atoms with Crippen LogP contribution in [0.25, 0.3) is 11.1 Å². The van der Waals surface area contributed by atoms with Crippen molar-refractivity contribution in [2.24, 2.45) is 0 Å². The number of methoxy groups -OCH3 is 1. The number of amides is 1. The summed E-state index contributed by atoms with van der Waals surface area (Å²) in [5.74, 6) is 0.263. The topological polar surface area (TPSA) is 102 Å². The first kappa shape index (κ1) is 22.0. The molecule has 174 valence electrons. The first-order valence-electron chi connectivity index (χ1n) is 10.8. The van der Waals surface area contributed by atoms with Crippen molar-refractivity contribution in [3.8, 4) is 5.75 Å². The minimum Gasteiger partial charge on any atom is -0.495 e. The Morgan fingerprint density at radius 3 is 2.76 bits per heavy atom. The molecule has 0 atom stereocenters. The molecule has 0 fully saturated rings. The van der Waals surface area contributed by atoms with Gasteiger partial charge < -0.3 is 14.5 Å². The maximum absolute atomic E-state index is 13.7. The normalized spacial score (nSPS) is 13.5. The van der Waals surface area contributed by atoms with Crippen molar-refractivity contribution in [3.63, 3.8) is 0 Å². The number of hydrogen-bond donors (Lipinski definition) is 1. The van der Waals surface area contributed by atoms with Gasteiger partial charge in [0.1, 0.15) is 16.2 Å². The van der Waals surface area contributed by atoms with Gasteiger partial charge in [-0.25, -0.2) is 13.4 Å². The molecule has 1 aliphatic heterocycles. The van der Waals surface area contributed by atoms with Gasteiger partial charge in [-0.2, -0.15) is 0 Å². The Balaban J connectivity index is 1.49. The summed E-state index contributed by atoms with van der Waals surface area (Å²) in [6.45, 7) is 2.11. The summed E-state index contributed by atoms with van der Waals surface area (Å²) in [5, 5.41) is 2.80. The summed E-state index contributed by atoms with van der Waals surface area (Å²) in [5.41, 5.74) is 3.59. The van der Waals surface area contributed by atoms with E-state index in [-0.39, 0.29) is 16.2 Å². The van der Waals surface area contributed by atoms with Crippen molar-refractivity contribution in [1.29, 1.82) is 0 Å². The predicted octanol–water partition coefficient (Wildman–Crippen LogP) is 4.54. The maximum atomic E-state index is 13.7. The summed E-state index contributed by atoms with van der Waals surface area (Å²) in [7, 11) is -2.56. The smallest absolute Gasteiger partial charge is 0.268 e. The second-order valence-corrected chi connectivity index (χ2v) is 9.88. The number of oxazole rings is 1. The van der Waals surface area contributed by atoms with Crippen molar-refractivity contribution >= 4 is 38.4 Å². The highest BCUT2D eigenvalue weighted by atomic mass is 32.2. The Bertz CT molecular complexity index is 1510. The lowest BCUT2D eigenvalue weighted by Gasteiger charge is -2.31. The number of nitrogens with zero attached hydrogens (tertiary/aromatic N) is 2. The molecule has 2 heterocycles. The lowest BCUT2D eigenvalue weighted by molar-refractivity contribution is 0.102. The monoisotopic (exact) mass is 477 g/mol. The van der Waals surface area contributed by atoms with Crippen LogP contribution in [0.5, 0.6) is 5.75 Å². The van der Waals surface area contributed by atoms with E-state index in [0.717, 1.165) is 12.0 Å². The number of rotatable bonds is 5. The van der Waals surface area contributed by atoms with Crippen LogP contribution in [0.4, 0.5) is 11.4 Å². The van der Waals surface area contributed by atoms with Gasteiger partial charge in [0.05, 0.1) is 12.8 Å². The number of sulfonamides is 1. The number of fused-ring (bicyclic) bond motifs is 2. The van der Waals surface area contributed by atoms with Crippen LogP contribution in [0.15, 0.2) is 70.0 Å². The fraction of sp³-hybridized carbons (Fsp3) is 0.200. The molecule has 1 amide bonds. The molecule has 0 saturated carbocycles. The van der Waals surface area contributed by atoms with Gasteiger partial charge in [0.25, 0.3) is 15.9 Å². The zero-order valence-corrected chi connectivity index (χ0v) is 19.6. The number of nitrogens with one attached hydrogen (secondary N) is 1. The summed E-state index contributed by atoms with van der Waals surface area (Å²) in [4.78, 5) is 17.2. The lowest BCUT2D eigenvalue weighted by atomic mass is 10.0. The molecule has 1 aliphatic rings. The van der Waals surface area contributed by atoms with Crippen LogP contribution in [0.3, 0.4) is 0 Å². The van der Waals surface area contributed by atoms with Crippen molar-refractivity contribution in [2.75, 3.05) is 23.3 Å². The number of para-hydroxylation sites is 1. The molecule has 9 heteroatoms. The van der Waals surface area contributed by atoms with Crippen molar-refractivity contribution in [2.45, 2.75) is 24.7 Å². The number of aromatic nitrogens is 1. The largest absolute Gasteiger partial charge is 0.495 e. The van der Waals surface area contributed by atoms with Gasteiger partial charge in [-0.05, 0) is 60.9 Å². The van der Waals surface area contributed by atoms with Crippen LogP contribution in [-0.2, 0) is 16.4 Å². The maximum Gasteiger partial charge on any atom is 0.268 e. The standard InChI is InChI=1S/C25H23N3O5S/c1-16-26-20-15-19(10-12-22(20)33-16)27-25(29)18-9-11-23(32-2)24(14-18)34(30,31)28-13-5-7-17-6-3-4-8-21(17)28/h3-4,6,8-12,14-15H,5,7,13H2,1-2H3,(H,27,29). The van der Waals surface area contributed by atoms with E-state index < -0.39 is 15.9 Å². The SMILES string of the molecule is COc1ccc(C(=O)Nc2ccc3oc(C)nc3c2)cc1S(=O)(=O)N1CCCc2ccccc21. The van der Waals surface area contributed by atoms with Gasteiger partial charge in [0, 0.05) is 24.7 Å². The Kier molecular flexibility index (Phi) is 5.49. The molecular formula is C25H23N3O5S. The number of carbonyl (C=O) groups excluding carboxylic acids is 1. The van der Waals surface area contributed by atoms with Crippen molar-refractivity contribution in [3.05, 3.63) is 77.7 Å². The molecule has 0 unspecified atom stereocenters. The van der Waals surface area contributed by atoms with E-state index in [0.29, 0.717) is 41.3 Å². The van der Waals surface area contributed by atoms with Crippen LogP contribution in [-0.4, -0.2) is 33.0 Å². The van der Waals surface area contributed by atoms with Crippen molar-refractivity contribution < 1.29 is 22.4 Å². The number of carbonyl (C=O) groups is 1. The van der Waals surface area contributed by atoms with Gasteiger partial charge in [-0.15, -0.1) is 0 Å². The van der Waals surface area contributed by atoms with Gasteiger partial charge in [-0.3, -0.25) is 9.10 Å². The van der Waals surface area contributed by atoms with Crippen LogP contribution >= 0.6 is 0 Å². The molecule has 3 aromatic carbocycles. The number of benzene rings is 3. The molecule has 5 rings (SSSR count). The van der Waals surface area contributed by atoms with E-state index in [1.807, 2.05) is 18.2 Å². The molecular weight excluding hydrogens is 454 g/mol. The molecule has 0 radical (unpaired) electrons. The van der Waals surface area contributed by atoms with E-state index in [2.05, 4.69) is 10.3 Å². The Morgan fingerprint density at radius 2 is 1.94 bits per heavy atom. The van der Waals surface area contributed by atoms with E-state index in [9.17, 15) is 13.2 Å². The third-order valence-corrected chi connectivity index (χ3v) is 7.65. The summed E-state index contributed by atoms with van der Waals surface area (Å²) in [6.07, 6.45) is 1.53. The quantitative estimate of drug-likeness (QED) is 0.453. The van der Waals surface area contributed by atoms with E-state index in [4.69, 9.17) is 9.15 Å². The van der Waals surface area contributed by atoms with Gasteiger partial charge in [0.15, 0.2) is 11.5 Å². The van der Waals surface area contributed by atoms with E-state index in [1.165, 1.54) is 29.6 Å². The summed E-state index contributed by atoms with van der Waals surface area (Å²) in [6, 6.07) is 17.0. The molecule has 4 aromatic rings. The zero-order chi connectivity index (χ0) is 23.9. The molecule has 1 N–H and O–H groups in total. The molecule has 0 spiro atoms. The third-order valence-electron chi connectivity index (χ3n) is 5.81. The second-order valence-electron chi connectivity index (χ2n) is 8.04. The fourth-order valence-corrected chi connectivity index (χ4v) is 5.94. The highest BCUT2D eigenvalue weighted by molar-refractivity contribution is 7.93. The van der Waals surface area contributed by atoms with E-state index >= 15 is 0 Å². The average Bonchev–Trinajstić information content (AvgIpc) is 3.22. The highest BCUT2D eigenvalue weighted by Crippen LogP contribution is 2.35. The highest BCUT2D eigenvalue weighted by Gasteiger charge is 2.32. The summed E-state index contributed by atoms with van der Waals surface area (Å²) >= 11 is 0. The second kappa shape index (κ2) is 8.49. The summed E-state index contributed by atoms with van der Waals surface area (Å²) < 4.78 is 39.6. The number of hydrogen-bond acceptors (Lipinski definition) is 6. The van der Waals surface area contributed by atoms with Crippen LogP contribution in [0.1, 0.15) is 28.2 Å². The molecule has 8 nitrogen and oxygen atoms in total. The first-order chi connectivity index (χ1) is 16.4. The first-order valence-corrected chi connectivity index (χ1v) is 12.3. The number of ether oxygens (including phenoxy) is 1. The van der Waals surface area contributed by atoms with E-state index in [1.54, 1.807) is 31.2 Å². The molecule has 1 aromatic heterocycles. The molecule has 0 bridgehead atoms. The number of anilines is 2. The Morgan fingerprint density at radius 1 is 1.12 bits per heavy atom. The molecule has 0 saturated heterocycles. The lowest BCUT2D eigenvalue weighted by Crippen LogP contribution is -2.35. The molecule has 34 heavy (non-hydrogen) atoms. The zero-order valence-electron chi connectivity index (χ0n) is 18.7. The third kappa shape index (κ3) is 3.88. The van der Waals surface area contributed by atoms with Crippen LogP contribution < -0.4 is 14.4 Å². The van der Waals surface area contributed by atoms with Crippen LogP contribution in [0.2, 0.25) is 0 Å². The fourth-order valence-electron chi connectivity index (χ4n) is 4.21. The minimum atomic E-state index is -3.97. The van der Waals surface area contributed by atoms with Crippen LogP contribution in [0, 0.1) is 6.92 Å². The van der Waals surface area contributed by atoms with Gasteiger partial charge >= 0.3 is 0 Å². The van der Waals surface area contributed by atoms with Gasteiger partial charge in [0.2, 0.25) is 0 Å².